The molecule has 0 aliphatic rings. The average molecular weight is 367 g/mol. The van der Waals surface area contributed by atoms with Crippen molar-refractivity contribution in [2.45, 2.75) is 19.9 Å². The van der Waals surface area contributed by atoms with Crippen molar-refractivity contribution in [2.75, 3.05) is 17.6 Å². The highest BCUT2D eigenvalue weighted by atomic mass is 19.1. The summed E-state index contributed by atoms with van der Waals surface area (Å²) in [5, 5.41) is 10.9. The number of pyridine rings is 1. The molecule has 0 radical (unpaired) electrons. The van der Waals surface area contributed by atoms with Crippen molar-refractivity contribution in [2.24, 2.45) is 0 Å². The first-order valence-electron chi connectivity index (χ1n) is 8.58. The summed E-state index contributed by atoms with van der Waals surface area (Å²) in [6, 6.07) is 6.49. The molecule has 0 spiro atoms. The molecule has 3 aromatic heterocycles. The maximum Gasteiger partial charge on any atom is 0.199 e. The number of anilines is 2. The van der Waals surface area contributed by atoms with Crippen molar-refractivity contribution >= 4 is 22.5 Å². The molecule has 3 heterocycles. The van der Waals surface area contributed by atoms with E-state index in [9.17, 15) is 4.39 Å². The van der Waals surface area contributed by atoms with Crippen LogP contribution in [0.2, 0.25) is 0 Å². The fourth-order valence-electron chi connectivity index (χ4n) is 3.05. The quantitative estimate of drug-likeness (QED) is 0.539. The van der Waals surface area contributed by atoms with Crippen LogP contribution in [0.4, 0.5) is 15.9 Å². The van der Waals surface area contributed by atoms with Crippen molar-refractivity contribution in [3.63, 3.8) is 0 Å². The molecule has 0 bridgehead atoms. The molecule has 0 unspecified atom stereocenters. The molecule has 0 saturated heterocycles. The Bertz CT molecular complexity index is 1070. The Balaban J connectivity index is 1.64. The van der Waals surface area contributed by atoms with Crippen LogP contribution in [-0.4, -0.2) is 31.4 Å². The van der Waals surface area contributed by atoms with E-state index in [0.717, 1.165) is 28.7 Å². The molecule has 1 aromatic carbocycles. The van der Waals surface area contributed by atoms with Gasteiger partial charge in [-0.2, -0.15) is 0 Å². The normalized spacial score (nSPS) is 11.2. The van der Waals surface area contributed by atoms with Crippen LogP contribution in [0.3, 0.4) is 0 Å². The van der Waals surface area contributed by atoms with Gasteiger partial charge in [0, 0.05) is 13.1 Å². The van der Waals surface area contributed by atoms with Gasteiger partial charge in [0.25, 0.3) is 0 Å². The number of nitrogens with zero attached hydrogens (tertiary/aromatic N) is 5. The second-order valence-electron chi connectivity index (χ2n) is 6.04. The molecule has 0 aliphatic heterocycles. The van der Waals surface area contributed by atoms with Gasteiger partial charge in [0.2, 0.25) is 0 Å². The van der Waals surface area contributed by atoms with E-state index in [1.54, 1.807) is 24.5 Å². The standard InChI is InChI=1S/C18H18FN7O/c1-2-26-16-13(22-8-7-11-3-5-12(19)6-4-11)9-21-10-14(16)23-18(26)15-17(20)25-27-24-15/h3-6,9-10,22H,2,7-8H2,1H3,(H2,20,25). The van der Waals surface area contributed by atoms with Crippen LogP contribution in [0.25, 0.3) is 22.6 Å². The number of nitrogens with one attached hydrogen (secondary N) is 1. The third-order valence-electron chi connectivity index (χ3n) is 4.33. The summed E-state index contributed by atoms with van der Waals surface area (Å²) in [5.41, 5.74) is 9.77. The Labute approximate surface area is 154 Å². The van der Waals surface area contributed by atoms with Crippen LogP contribution in [-0.2, 0) is 13.0 Å². The lowest BCUT2D eigenvalue weighted by atomic mass is 10.1. The molecule has 0 saturated carbocycles. The number of aromatic nitrogens is 5. The maximum atomic E-state index is 13.0. The lowest BCUT2D eigenvalue weighted by Gasteiger charge is -2.10. The van der Waals surface area contributed by atoms with Gasteiger partial charge in [0.05, 0.1) is 23.6 Å². The van der Waals surface area contributed by atoms with Gasteiger partial charge < -0.3 is 15.6 Å². The van der Waals surface area contributed by atoms with Crippen molar-refractivity contribution in [3.8, 4) is 11.5 Å². The van der Waals surface area contributed by atoms with Gasteiger partial charge >= 0.3 is 0 Å². The molecule has 0 atom stereocenters. The van der Waals surface area contributed by atoms with Crippen LogP contribution in [0.1, 0.15) is 12.5 Å². The van der Waals surface area contributed by atoms with Crippen LogP contribution < -0.4 is 11.1 Å². The predicted molar refractivity (Wildman–Crippen MR) is 99.5 cm³/mol. The van der Waals surface area contributed by atoms with Gasteiger partial charge in [-0.05, 0) is 41.4 Å². The monoisotopic (exact) mass is 367 g/mol. The maximum absolute atomic E-state index is 13.0. The lowest BCUT2D eigenvalue weighted by Crippen LogP contribution is -2.07. The molecule has 8 nitrogen and oxygen atoms in total. The van der Waals surface area contributed by atoms with E-state index in [4.69, 9.17) is 10.4 Å². The molecule has 0 amide bonds. The molecule has 27 heavy (non-hydrogen) atoms. The number of benzene rings is 1. The largest absolute Gasteiger partial charge is 0.382 e. The number of fused-ring (bicyclic) bond motifs is 1. The molecule has 0 aliphatic carbocycles. The predicted octanol–water partition coefficient (Wildman–Crippen LogP) is 2.88. The molecule has 3 N–H and O–H groups in total. The minimum atomic E-state index is -0.235. The van der Waals surface area contributed by atoms with E-state index in [2.05, 4.69) is 25.6 Å². The number of imidazole rings is 1. The molecular formula is C18H18FN7O. The highest BCUT2D eigenvalue weighted by molar-refractivity contribution is 5.90. The summed E-state index contributed by atoms with van der Waals surface area (Å²) < 4.78 is 19.7. The van der Waals surface area contributed by atoms with Gasteiger partial charge in [-0.3, -0.25) is 4.98 Å². The highest BCUT2D eigenvalue weighted by Gasteiger charge is 2.20. The number of aryl methyl sites for hydroxylation is 1. The molecule has 9 heteroatoms. The van der Waals surface area contributed by atoms with Gasteiger partial charge in [0.1, 0.15) is 11.3 Å². The zero-order valence-corrected chi connectivity index (χ0v) is 14.7. The zero-order chi connectivity index (χ0) is 18.8. The van der Waals surface area contributed by atoms with Gasteiger partial charge in [0.15, 0.2) is 17.3 Å². The number of nitrogens with two attached hydrogens (primary N) is 1. The first-order valence-corrected chi connectivity index (χ1v) is 8.58. The van der Waals surface area contributed by atoms with Crippen LogP contribution in [0, 0.1) is 5.82 Å². The number of rotatable bonds is 6. The topological polar surface area (TPSA) is 108 Å². The second kappa shape index (κ2) is 7.02. The minimum Gasteiger partial charge on any atom is -0.382 e. The first kappa shape index (κ1) is 17.0. The van der Waals surface area contributed by atoms with E-state index in [0.29, 0.717) is 24.6 Å². The van der Waals surface area contributed by atoms with Crippen molar-refractivity contribution in [1.29, 1.82) is 0 Å². The Kier molecular flexibility index (Phi) is 4.41. The van der Waals surface area contributed by atoms with Gasteiger partial charge in [-0.1, -0.05) is 12.1 Å². The summed E-state index contributed by atoms with van der Waals surface area (Å²) in [5.74, 6) is 0.543. The third-order valence-corrected chi connectivity index (χ3v) is 4.33. The fourth-order valence-corrected chi connectivity index (χ4v) is 3.05. The minimum absolute atomic E-state index is 0.193. The zero-order valence-electron chi connectivity index (χ0n) is 14.7. The van der Waals surface area contributed by atoms with E-state index in [-0.39, 0.29) is 11.6 Å². The number of nitrogen functional groups attached to an aromatic ring is 1. The molecule has 4 aromatic rings. The van der Waals surface area contributed by atoms with E-state index < -0.39 is 0 Å². The SMILES string of the molecule is CCn1c(-c2nonc2N)nc2cncc(NCCc3ccc(F)cc3)c21. The van der Waals surface area contributed by atoms with E-state index in [1.807, 2.05) is 11.5 Å². The van der Waals surface area contributed by atoms with Crippen molar-refractivity contribution in [1.82, 2.24) is 24.8 Å². The molecule has 0 fully saturated rings. The number of halogens is 1. The average Bonchev–Trinajstić information content (AvgIpc) is 3.26. The lowest BCUT2D eigenvalue weighted by molar-refractivity contribution is 0.310. The molecular weight excluding hydrogens is 349 g/mol. The third kappa shape index (κ3) is 3.19. The summed E-state index contributed by atoms with van der Waals surface area (Å²) in [6.45, 7) is 3.34. The van der Waals surface area contributed by atoms with Crippen molar-refractivity contribution in [3.05, 3.63) is 48.0 Å². The Morgan fingerprint density at radius 2 is 2.00 bits per heavy atom. The highest BCUT2D eigenvalue weighted by Crippen LogP contribution is 2.30. The second-order valence-corrected chi connectivity index (χ2v) is 6.04. The Morgan fingerprint density at radius 1 is 1.19 bits per heavy atom. The fraction of sp³-hybridized carbons (Fsp3) is 0.222. The first-order chi connectivity index (χ1) is 13.2. The van der Waals surface area contributed by atoms with Crippen LogP contribution >= 0.6 is 0 Å². The van der Waals surface area contributed by atoms with Gasteiger partial charge in [-0.25, -0.2) is 14.0 Å². The van der Waals surface area contributed by atoms with Crippen molar-refractivity contribution < 1.29 is 9.02 Å². The summed E-state index contributed by atoms with van der Waals surface area (Å²) in [7, 11) is 0. The van der Waals surface area contributed by atoms with Gasteiger partial charge in [-0.15, -0.1) is 0 Å². The number of hydrogen-bond acceptors (Lipinski definition) is 7. The van der Waals surface area contributed by atoms with Crippen LogP contribution in [0.15, 0.2) is 41.3 Å². The number of hydrogen-bond donors (Lipinski definition) is 2. The summed E-state index contributed by atoms with van der Waals surface area (Å²) in [6.07, 6.45) is 4.21. The molecule has 138 valence electrons. The Hall–Kier alpha value is -3.49. The van der Waals surface area contributed by atoms with E-state index >= 15 is 0 Å². The van der Waals surface area contributed by atoms with Crippen LogP contribution in [0.5, 0.6) is 0 Å². The van der Waals surface area contributed by atoms with E-state index in [1.165, 1.54) is 12.1 Å². The molecule has 4 rings (SSSR count). The summed E-state index contributed by atoms with van der Waals surface area (Å²) in [4.78, 5) is 8.86. The smallest absolute Gasteiger partial charge is 0.199 e. The Morgan fingerprint density at radius 3 is 2.70 bits per heavy atom. The summed E-state index contributed by atoms with van der Waals surface area (Å²) >= 11 is 0.